The number of aryl methyl sites for hydroxylation is 1. The molecule has 110 valence electrons. The van der Waals surface area contributed by atoms with E-state index in [2.05, 4.69) is 15.8 Å². The molecule has 0 aliphatic rings. The lowest BCUT2D eigenvalue weighted by molar-refractivity contribution is -0.125. The van der Waals surface area contributed by atoms with Crippen molar-refractivity contribution in [1.29, 1.82) is 0 Å². The molecule has 0 fully saturated rings. The van der Waals surface area contributed by atoms with Crippen LogP contribution in [0.25, 0.3) is 0 Å². The largest absolute Gasteiger partial charge is 0.360 e. The van der Waals surface area contributed by atoms with E-state index in [0.717, 1.165) is 0 Å². The molecular weight excluding hydrogens is 272 g/mol. The van der Waals surface area contributed by atoms with Crippen LogP contribution < -0.4 is 16.4 Å². The van der Waals surface area contributed by atoms with Crippen molar-refractivity contribution >= 4 is 17.6 Å². The van der Waals surface area contributed by atoms with Crippen molar-refractivity contribution in [3.63, 3.8) is 0 Å². The minimum absolute atomic E-state index is 0.189. The van der Waals surface area contributed by atoms with Crippen LogP contribution in [0.5, 0.6) is 0 Å². The number of amides is 2. The Balaban J connectivity index is 1.82. The van der Waals surface area contributed by atoms with Gasteiger partial charge in [0.15, 0.2) is 5.82 Å². The van der Waals surface area contributed by atoms with Crippen molar-refractivity contribution in [3.8, 4) is 0 Å². The van der Waals surface area contributed by atoms with Crippen LogP contribution in [0.1, 0.15) is 17.4 Å². The standard InChI is InChI=1S/C14H16N4O3/c1-9-7-11(18-21-9)17-12(19)8-16-14(20)13(15)10-5-3-2-4-6-10/h2-7,13H,8,15H2,1H3,(H,16,20)(H,17,18,19)/t13-/m0/s1. The maximum absolute atomic E-state index is 11.9. The van der Waals surface area contributed by atoms with Gasteiger partial charge in [-0.15, -0.1) is 0 Å². The molecule has 0 saturated carbocycles. The molecule has 1 aromatic heterocycles. The maximum atomic E-state index is 11.9. The predicted molar refractivity (Wildman–Crippen MR) is 76.2 cm³/mol. The summed E-state index contributed by atoms with van der Waals surface area (Å²) in [5, 5.41) is 8.59. The number of benzene rings is 1. The lowest BCUT2D eigenvalue weighted by Gasteiger charge is -2.12. The number of hydrogen-bond acceptors (Lipinski definition) is 5. The molecule has 2 aromatic rings. The third kappa shape index (κ3) is 4.15. The van der Waals surface area contributed by atoms with E-state index >= 15 is 0 Å². The van der Waals surface area contributed by atoms with Crippen LogP contribution in [0, 0.1) is 6.92 Å². The monoisotopic (exact) mass is 288 g/mol. The van der Waals surface area contributed by atoms with Gasteiger partial charge in [-0.3, -0.25) is 9.59 Å². The molecule has 0 bridgehead atoms. The van der Waals surface area contributed by atoms with E-state index in [9.17, 15) is 9.59 Å². The zero-order chi connectivity index (χ0) is 15.2. The second-order valence-electron chi connectivity index (χ2n) is 4.48. The van der Waals surface area contributed by atoms with Crippen molar-refractivity contribution in [1.82, 2.24) is 10.5 Å². The zero-order valence-corrected chi connectivity index (χ0v) is 11.5. The Labute approximate surface area is 121 Å². The third-order valence-corrected chi connectivity index (χ3v) is 2.76. The van der Waals surface area contributed by atoms with E-state index < -0.39 is 17.9 Å². The fourth-order valence-electron chi connectivity index (χ4n) is 1.70. The second kappa shape index (κ2) is 6.67. The Morgan fingerprint density at radius 3 is 2.67 bits per heavy atom. The molecule has 0 unspecified atom stereocenters. The molecule has 7 heteroatoms. The number of nitrogens with zero attached hydrogens (tertiary/aromatic N) is 1. The topological polar surface area (TPSA) is 110 Å². The van der Waals surface area contributed by atoms with Gasteiger partial charge in [-0.05, 0) is 12.5 Å². The number of rotatable bonds is 5. The third-order valence-electron chi connectivity index (χ3n) is 2.76. The number of anilines is 1. The zero-order valence-electron chi connectivity index (χ0n) is 11.5. The van der Waals surface area contributed by atoms with Gasteiger partial charge in [-0.2, -0.15) is 0 Å². The first-order valence-corrected chi connectivity index (χ1v) is 6.37. The molecule has 1 aromatic carbocycles. The summed E-state index contributed by atoms with van der Waals surface area (Å²) in [6, 6.07) is 9.69. The summed E-state index contributed by atoms with van der Waals surface area (Å²) in [6.07, 6.45) is 0. The normalized spacial score (nSPS) is 11.7. The van der Waals surface area contributed by atoms with E-state index in [1.54, 1.807) is 37.3 Å². The Morgan fingerprint density at radius 2 is 2.05 bits per heavy atom. The lowest BCUT2D eigenvalue weighted by atomic mass is 10.1. The van der Waals surface area contributed by atoms with Gasteiger partial charge in [0, 0.05) is 6.07 Å². The van der Waals surface area contributed by atoms with Crippen LogP contribution >= 0.6 is 0 Å². The Kier molecular flexibility index (Phi) is 4.68. The molecule has 1 heterocycles. The van der Waals surface area contributed by atoms with Gasteiger partial charge in [0.1, 0.15) is 11.8 Å². The average molecular weight is 288 g/mol. The highest BCUT2D eigenvalue weighted by atomic mass is 16.5. The summed E-state index contributed by atoms with van der Waals surface area (Å²) >= 11 is 0. The number of hydrogen-bond donors (Lipinski definition) is 3. The molecule has 2 amide bonds. The molecule has 2 rings (SSSR count). The SMILES string of the molecule is Cc1cc(NC(=O)CNC(=O)[C@@H](N)c2ccccc2)no1. The van der Waals surface area contributed by atoms with E-state index in [4.69, 9.17) is 10.3 Å². The minimum Gasteiger partial charge on any atom is -0.360 e. The molecule has 4 N–H and O–H groups in total. The molecule has 0 spiro atoms. The van der Waals surface area contributed by atoms with Gasteiger partial charge in [0.25, 0.3) is 0 Å². The van der Waals surface area contributed by atoms with Gasteiger partial charge in [-0.25, -0.2) is 0 Å². The highest BCUT2D eigenvalue weighted by Gasteiger charge is 2.16. The van der Waals surface area contributed by atoms with Gasteiger partial charge in [0.05, 0.1) is 6.54 Å². The van der Waals surface area contributed by atoms with Crippen LogP contribution in [0.4, 0.5) is 5.82 Å². The molecule has 0 saturated heterocycles. The van der Waals surface area contributed by atoms with Crippen molar-refractivity contribution in [2.75, 3.05) is 11.9 Å². The van der Waals surface area contributed by atoms with Crippen molar-refractivity contribution < 1.29 is 14.1 Å². The average Bonchev–Trinajstić information content (AvgIpc) is 2.90. The second-order valence-corrected chi connectivity index (χ2v) is 4.48. The molecule has 21 heavy (non-hydrogen) atoms. The van der Waals surface area contributed by atoms with Gasteiger partial charge in [-0.1, -0.05) is 35.5 Å². The lowest BCUT2D eigenvalue weighted by Crippen LogP contribution is -2.38. The molecule has 0 radical (unpaired) electrons. The molecular formula is C14H16N4O3. The Morgan fingerprint density at radius 1 is 1.33 bits per heavy atom. The van der Waals surface area contributed by atoms with Crippen molar-refractivity contribution in [2.45, 2.75) is 13.0 Å². The van der Waals surface area contributed by atoms with E-state index in [-0.39, 0.29) is 6.54 Å². The number of carbonyl (C=O) groups excluding carboxylic acids is 2. The van der Waals surface area contributed by atoms with Crippen molar-refractivity contribution in [3.05, 3.63) is 47.7 Å². The highest BCUT2D eigenvalue weighted by Crippen LogP contribution is 2.09. The number of nitrogens with one attached hydrogen (secondary N) is 2. The maximum Gasteiger partial charge on any atom is 0.245 e. The Hall–Kier alpha value is -2.67. The molecule has 7 nitrogen and oxygen atoms in total. The molecule has 0 aliphatic heterocycles. The summed E-state index contributed by atoms with van der Waals surface area (Å²) < 4.78 is 4.81. The summed E-state index contributed by atoms with van der Waals surface area (Å²) in [6.45, 7) is 1.52. The van der Waals surface area contributed by atoms with Crippen LogP contribution in [0.3, 0.4) is 0 Å². The number of carbonyl (C=O) groups is 2. The number of nitrogens with two attached hydrogens (primary N) is 1. The van der Waals surface area contributed by atoms with Crippen LogP contribution in [-0.4, -0.2) is 23.5 Å². The van der Waals surface area contributed by atoms with Gasteiger partial charge >= 0.3 is 0 Å². The van der Waals surface area contributed by atoms with Crippen LogP contribution in [-0.2, 0) is 9.59 Å². The first-order valence-electron chi connectivity index (χ1n) is 6.37. The van der Waals surface area contributed by atoms with E-state index in [1.165, 1.54) is 0 Å². The van der Waals surface area contributed by atoms with Gasteiger partial charge < -0.3 is 20.9 Å². The van der Waals surface area contributed by atoms with E-state index in [1.807, 2.05) is 6.07 Å². The van der Waals surface area contributed by atoms with E-state index in [0.29, 0.717) is 17.1 Å². The minimum atomic E-state index is -0.812. The van der Waals surface area contributed by atoms with Gasteiger partial charge in [0.2, 0.25) is 11.8 Å². The first kappa shape index (κ1) is 14.7. The quantitative estimate of drug-likeness (QED) is 0.751. The highest BCUT2D eigenvalue weighted by molar-refractivity contribution is 5.94. The smallest absolute Gasteiger partial charge is 0.245 e. The van der Waals surface area contributed by atoms with Crippen LogP contribution in [0.2, 0.25) is 0 Å². The summed E-state index contributed by atoms with van der Waals surface area (Å²) in [7, 11) is 0. The molecule has 0 aliphatic carbocycles. The first-order chi connectivity index (χ1) is 10.1. The fourth-order valence-corrected chi connectivity index (χ4v) is 1.70. The summed E-state index contributed by atoms with van der Waals surface area (Å²) in [5.74, 6) is 0.0594. The Bertz CT molecular complexity index is 624. The predicted octanol–water partition coefficient (Wildman–Crippen LogP) is 0.738. The number of aromatic nitrogens is 1. The van der Waals surface area contributed by atoms with Crippen LogP contribution in [0.15, 0.2) is 40.9 Å². The van der Waals surface area contributed by atoms with Crippen molar-refractivity contribution in [2.24, 2.45) is 5.73 Å². The summed E-state index contributed by atoms with van der Waals surface area (Å²) in [4.78, 5) is 23.5. The summed E-state index contributed by atoms with van der Waals surface area (Å²) in [5.41, 5.74) is 6.49. The molecule has 1 atom stereocenters. The fraction of sp³-hybridized carbons (Fsp3) is 0.214.